The van der Waals surface area contributed by atoms with E-state index in [2.05, 4.69) is 46.4 Å². The molecule has 3 atom stereocenters. The molecule has 0 bridgehead atoms. The highest BCUT2D eigenvalue weighted by Crippen LogP contribution is 2.33. The lowest BCUT2D eigenvalue weighted by Crippen LogP contribution is -2.30. The van der Waals surface area contributed by atoms with Crippen LogP contribution in [-0.4, -0.2) is 35.5 Å². The van der Waals surface area contributed by atoms with Crippen LogP contribution in [0.15, 0.2) is 53.4 Å². The number of hydrogen-bond donors (Lipinski definition) is 4. The normalized spacial score (nSPS) is 22.4. The molecule has 4 rings (SSSR count). The number of rotatable bonds is 10. The summed E-state index contributed by atoms with van der Waals surface area (Å²) in [6.07, 6.45) is 8.41. The molecule has 168 valence electrons. The van der Waals surface area contributed by atoms with Crippen LogP contribution in [0.3, 0.4) is 0 Å². The fraction of sp³-hybridized carbons (Fsp3) is 0.538. The molecule has 1 saturated carbocycles. The van der Waals surface area contributed by atoms with Crippen molar-refractivity contribution in [3.8, 4) is 0 Å². The first kappa shape index (κ1) is 22.8. The number of hydrogen-bond acceptors (Lipinski definition) is 5. The van der Waals surface area contributed by atoms with Crippen molar-refractivity contribution in [2.24, 2.45) is 0 Å². The summed E-state index contributed by atoms with van der Waals surface area (Å²) in [5.41, 5.74) is 3.93. The molecule has 31 heavy (non-hydrogen) atoms. The Morgan fingerprint density at radius 3 is 2.58 bits per heavy atom. The Morgan fingerprint density at radius 2 is 1.77 bits per heavy atom. The molecule has 2 aromatic carbocycles. The molecule has 5 heteroatoms. The summed E-state index contributed by atoms with van der Waals surface area (Å²) < 4.78 is 3.31. The first-order chi connectivity index (χ1) is 15.2. The van der Waals surface area contributed by atoms with E-state index in [9.17, 15) is 10.2 Å². The Hall–Kier alpha value is -1.37. The Labute approximate surface area is 191 Å². The number of fused-ring (bicyclic) bond motifs is 1. The van der Waals surface area contributed by atoms with E-state index in [4.69, 9.17) is 0 Å². The minimum absolute atomic E-state index is 0.0126. The molecule has 0 aromatic heterocycles. The zero-order valence-electron chi connectivity index (χ0n) is 18.3. The SMILES string of the molecule is OC(CCCNC1c2ccccc2CC1O)CNSc1ccc(C2CCCCC2)cc1. The molecule has 0 aliphatic heterocycles. The summed E-state index contributed by atoms with van der Waals surface area (Å²) >= 11 is 1.60. The van der Waals surface area contributed by atoms with Gasteiger partial charge in [-0.3, -0.25) is 4.72 Å². The highest BCUT2D eigenvalue weighted by Gasteiger charge is 2.29. The van der Waals surface area contributed by atoms with Gasteiger partial charge < -0.3 is 15.5 Å². The predicted octanol–water partition coefficient (Wildman–Crippen LogP) is 4.72. The van der Waals surface area contributed by atoms with E-state index in [1.54, 1.807) is 11.9 Å². The third-order valence-electron chi connectivity index (χ3n) is 6.75. The smallest absolute Gasteiger partial charge is 0.0775 e. The molecule has 2 aliphatic rings. The second kappa shape index (κ2) is 11.5. The number of benzene rings is 2. The second-order valence-corrected chi connectivity index (χ2v) is 10.0. The van der Waals surface area contributed by atoms with Crippen LogP contribution < -0.4 is 10.0 Å². The Kier molecular flexibility index (Phi) is 8.45. The first-order valence-electron chi connectivity index (χ1n) is 11.9. The fourth-order valence-electron chi connectivity index (χ4n) is 4.98. The first-order valence-corrected chi connectivity index (χ1v) is 12.7. The topological polar surface area (TPSA) is 64.5 Å². The Balaban J connectivity index is 1.11. The molecular formula is C26H36N2O2S. The molecule has 2 aliphatic carbocycles. The fourth-order valence-corrected chi connectivity index (χ4v) is 5.70. The van der Waals surface area contributed by atoms with Crippen molar-refractivity contribution in [2.75, 3.05) is 13.1 Å². The predicted molar refractivity (Wildman–Crippen MR) is 128 cm³/mol. The number of aliphatic hydroxyl groups is 2. The van der Waals surface area contributed by atoms with Crippen LogP contribution in [0.25, 0.3) is 0 Å². The van der Waals surface area contributed by atoms with Gasteiger partial charge in [-0.1, -0.05) is 55.7 Å². The highest BCUT2D eigenvalue weighted by molar-refractivity contribution is 7.97. The van der Waals surface area contributed by atoms with Gasteiger partial charge in [0.25, 0.3) is 0 Å². The summed E-state index contributed by atoms with van der Waals surface area (Å²) in [5.74, 6) is 0.745. The third kappa shape index (κ3) is 6.33. The zero-order valence-corrected chi connectivity index (χ0v) is 19.1. The van der Waals surface area contributed by atoms with Gasteiger partial charge in [-0.25, -0.2) is 0 Å². The lowest BCUT2D eigenvalue weighted by Gasteiger charge is -2.22. The molecule has 4 N–H and O–H groups in total. The van der Waals surface area contributed by atoms with Gasteiger partial charge >= 0.3 is 0 Å². The lowest BCUT2D eigenvalue weighted by atomic mass is 9.84. The van der Waals surface area contributed by atoms with E-state index in [0.29, 0.717) is 6.54 Å². The Morgan fingerprint density at radius 1 is 1.00 bits per heavy atom. The van der Waals surface area contributed by atoms with Crippen LogP contribution in [0.2, 0.25) is 0 Å². The molecule has 0 heterocycles. The molecular weight excluding hydrogens is 404 g/mol. The quantitative estimate of drug-likeness (QED) is 0.318. The van der Waals surface area contributed by atoms with Crippen LogP contribution in [-0.2, 0) is 6.42 Å². The monoisotopic (exact) mass is 440 g/mol. The van der Waals surface area contributed by atoms with Crippen LogP contribution in [0.1, 0.15) is 73.6 Å². The van der Waals surface area contributed by atoms with E-state index in [1.165, 1.54) is 53.7 Å². The lowest BCUT2D eigenvalue weighted by molar-refractivity contribution is 0.138. The largest absolute Gasteiger partial charge is 0.392 e. The van der Waals surface area contributed by atoms with Gasteiger partial charge in [0.15, 0.2) is 0 Å². The standard InChI is InChI=1S/C26H36N2O2S/c29-22(10-6-16-27-26-24-11-5-4-9-21(24)17-25(26)30)18-28-31-23-14-12-20(13-15-23)19-7-2-1-3-8-19/h4-5,9,11-15,19,22,25-30H,1-3,6-8,10,16-18H2. The highest BCUT2D eigenvalue weighted by atomic mass is 32.2. The summed E-state index contributed by atoms with van der Waals surface area (Å²) in [6, 6.07) is 17.2. The van der Waals surface area contributed by atoms with Crippen molar-refractivity contribution in [2.45, 2.75) is 80.4 Å². The van der Waals surface area contributed by atoms with Crippen molar-refractivity contribution in [1.82, 2.24) is 10.0 Å². The zero-order chi connectivity index (χ0) is 21.5. The van der Waals surface area contributed by atoms with Crippen molar-refractivity contribution in [1.29, 1.82) is 0 Å². The van der Waals surface area contributed by atoms with E-state index in [1.807, 2.05) is 12.1 Å². The number of nitrogens with one attached hydrogen (secondary N) is 2. The van der Waals surface area contributed by atoms with Gasteiger partial charge in [0.1, 0.15) is 0 Å². The van der Waals surface area contributed by atoms with Crippen LogP contribution >= 0.6 is 11.9 Å². The van der Waals surface area contributed by atoms with Crippen LogP contribution in [0, 0.1) is 0 Å². The molecule has 0 radical (unpaired) electrons. The van der Waals surface area contributed by atoms with Crippen molar-refractivity contribution >= 4 is 11.9 Å². The molecule has 1 fully saturated rings. The minimum Gasteiger partial charge on any atom is -0.392 e. The van der Waals surface area contributed by atoms with Crippen LogP contribution in [0.5, 0.6) is 0 Å². The van der Waals surface area contributed by atoms with E-state index < -0.39 is 0 Å². The molecule has 3 unspecified atom stereocenters. The van der Waals surface area contributed by atoms with Gasteiger partial charge in [-0.2, -0.15) is 0 Å². The molecule has 4 nitrogen and oxygen atoms in total. The maximum absolute atomic E-state index is 10.3. The van der Waals surface area contributed by atoms with Crippen LogP contribution in [0.4, 0.5) is 0 Å². The maximum atomic E-state index is 10.3. The summed E-state index contributed by atoms with van der Waals surface area (Å²) in [5, 5.41) is 24.1. The summed E-state index contributed by atoms with van der Waals surface area (Å²) in [6.45, 7) is 1.37. The molecule has 0 amide bonds. The van der Waals surface area contributed by atoms with Gasteiger partial charge in [0.05, 0.1) is 18.2 Å². The summed E-state index contributed by atoms with van der Waals surface area (Å²) in [7, 11) is 0. The van der Waals surface area contributed by atoms with Gasteiger partial charge in [-0.05, 0) is 78.9 Å². The Bertz CT molecular complexity index is 807. The average Bonchev–Trinajstić information content (AvgIpc) is 3.13. The molecule has 2 aromatic rings. The van der Waals surface area contributed by atoms with Gasteiger partial charge in [-0.15, -0.1) is 0 Å². The van der Waals surface area contributed by atoms with E-state index in [0.717, 1.165) is 31.7 Å². The summed E-state index contributed by atoms with van der Waals surface area (Å²) in [4.78, 5) is 1.20. The molecule has 0 spiro atoms. The van der Waals surface area contributed by atoms with Gasteiger partial charge in [0.2, 0.25) is 0 Å². The van der Waals surface area contributed by atoms with E-state index >= 15 is 0 Å². The third-order valence-corrected chi connectivity index (χ3v) is 7.57. The van der Waals surface area contributed by atoms with Crippen molar-refractivity contribution in [3.05, 3.63) is 65.2 Å². The number of aliphatic hydroxyl groups excluding tert-OH is 2. The molecule has 0 saturated heterocycles. The maximum Gasteiger partial charge on any atom is 0.0775 e. The van der Waals surface area contributed by atoms with Crippen molar-refractivity contribution < 1.29 is 10.2 Å². The second-order valence-electron chi connectivity index (χ2n) is 9.05. The average molecular weight is 441 g/mol. The van der Waals surface area contributed by atoms with Gasteiger partial charge in [0, 0.05) is 17.9 Å². The van der Waals surface area contributed by atoms with E-state index in [-0.39, 0.29) is 18.2 Å². The van der Waals surface area contributed by atoms with Crippen molar-refractivity contribution in [3.63, 3.8) is 0 Å². The minimum atomic E-state index is -0.364.